The van der Waals surface area contributed by atoms with Crippen LogP contribution in [0.1, 0.15) is 15.9 Å². The summed E-state index contributed by atoms with van der Waals surface area (Å²) in [7, 11) is 0. The normalized spacial score (nSPS) is 10.4. The summed E-state index contributed by atoms with van der Waals surface area (Å²) in [5, 5.41) is 13.9. The molecule has 7 nitrogen and oxygen atoms in total. The van der Waals surface area contributed by atoms with Crippen LogP contribution >= 0.6 is 11.8 Å². The van der Waals surface area contributed by atoms with Crippen LogP contribution in [0.2, 0.25) is 0 Å². The maximum absolute atomic E-state index is 13.4. The van der Waals surface area contributed by atoms with Gasteiger partial charge in [0.1, 0.15) is 5.03 Å². The van der Waals surface area contributed by atoms with Crippen molar-refractivity contribution in [3.8, 4) is 0 Å². The summed E-state index contributed by atoms with van der Waals surface area (Å²) in [5.74, 6) is -0.851. The van der Waals surface area contributed by atoms with E-state index >= 15 is 0 Å². The molecule has 0 bridgehead atoms. The van der Waals surface area contributed by atoms with E-state index in [2.05, 4.69) is 15.3 Å². The van der Waals surface area contributed by atoms with Crippen molar-refractivity contribution < 1.29 is 14.1 Å². The zero-order valence-corrected chi connectivity index (χ0v) is 14.6. The van der Waals surface area contributed by atoms with E-state index in [1.165, 1.54) is 17.8 Å². The molecule has 9 heteroatoms. The molecule has 0 saturated carbocycles. The lowest BCUT2D eigenvalue weighted by Crippen LogP contribution is -2.14. The molecule has 1 aromatic carbocycles. The number of anilines is 1. The van der Waals surface area contributed by atoms with Crippen molar-refractivity contribution in [2.24, 2.45) is 0 Å². The molecule has 3 rings (SSSR count). The number of amides is 1. The zero-order chi connectivity index (χ0) is 19.2. The second-order valence-corrected chi connectivity index (χ2v) is 6.34. The first kappa shape index (κ1) is 18.5. The van der Waals surface area contributed by atoms with E-state index in [0.29, 0.717) is 16.3 Å². The first-order valence-corrected chi connectivity index (χ1v) is 8.75. The number of nitrogens with zero attached hydrogens (tertiary/aromatic N) is 3. The molecule has 2 aromatic heterocycles. The number of carbonyl (C=O) groups is 1. The van der Waals surface area contributed by atoms with Crippen LogP contribution in [0.5, 0.6) is 0 Å². The van der Waals surface area contributed by atoms with Crippen molar-refractivity contribution >= 4 is 29.0 Å². The fourth-order valence-electron chi connectivity index (χ4n) is 2.24. The second kappa shape index (κ2) is 8.37. The smallest absolute Gasteiger partial charge is 0.306 e. The number of hydrogen-bond acceptors (Lipinski definition) is 6. The summed E-state index contributed by atoms with van der Waals surface area (Å²) in [4.78, 5) is 30.8. The van der Waals surface area contributed by atoms with E-state index < -0.39 is 22.3 Å². The monoisotopic (exact) mass is 384 g/mol. The van der Waals surface area contributed by atoms with Crippen molar-refractivity contribution in [1.29, 1.82) is 0 Å². The van der Waals surface area contributed by atoms with Gasteiger partial charge in [-0.05, 0) is 42.0 Å². The Morgan fingerprint density at radius 1 is 1.19 bits per heavy atom. The number of aromatic nitrogens is 2. The lowest BCUT2D eigenvalue weighted by molar-refractivity contribution is -0.387. The van der Waals surface area contributed by atoms with Gasteiger partial charge >= 0.3 is 5.69 Å². The van der Waals surface area contributed by atoms with Crippen LogP contribution in [0.4, 0.5) is 15.8 Å². The highest BCUT2D eigenvalue weighted by molar-refractivity contribution is 7.98. The molecule has 0 aliphatic carbocycles. The fourth-order valence-corrected chi connectivity index (χ4v) is 3.19. The molecule has 0 spiro atoms. The molecule has 27 heavy (non-hydrogen) atoms. The highest BCUT2D eigenvalue weighted by atomic mass is 32.2. The van der Waals surface area contributed by atoms with E-state index in [4.69, 9.17) is 0 Å². The number of benzene rings is 1. The summed E-state index contributed by atoms with van der Waals surface area (Å²) in [6, 6.07) is 10.2. The van der Waals surface area contributed by atoms with Crippen LogP contribution in [0.15, 0.2) is 66.1 Å². The third-order valence-electron chi connectivity index (χ3n) is 3.54. The van der Waals surface area contributed by atoms with E-state index in [1.54, 1.807) is 30.7 Å². The predicted octanol–water partition coefficient (Wildman–Crippen LogP) is 4.07. The molecule has 0 aliphatic heterocycles. The Kier molecular flexibility index (Phi) is 5.72. The van der Waals surface area contributed by atoms with Gasteiger partial charge in [-0.25, -0.2) is 4.98 Å². The molecule has 1 N–H and O–H groups in total. The minimum absolute atomic E-state index is 0.127. The van der Waals surface area contributed by atoms with E-state index in [9.17, 15) is 19.3 Å². The lowest BCUT2D eigenvalue weighted by Gasteiger charge is -2.09. The number of nitro benzene ring substituents is 1. The van der Waals surface area contributed by atoms with Crippen LogP contribution in [0, 0.1) is 15.9 Å². The lowest BCUT2D eigenvalue weighted by atomic mass is 10.2. The van der Waals surface area contributed by atoms with Gasteiger partial charge in [-0.3, -0.25) is 19.9 Å². The quantitative estimate of drug-likeness (QED) is 0.391. The Bertz CT molecular complexity index is 985. The SMILES string of the molecule is O=C(Nc1ccc(F)c([N+](=O)[O-])c1)c1cccnc1SCc1ccncc1. The van der Waals surface area contributed by atoms with Gasteiger partial charge in [-0.1, -0.05) is 0 Å². The summed E-state index contributed by atoms with van der Waals surface area (Å²) >= 11 is 1.38. The number of thioether (sulfide) groups is 1. The minimum Gasteiger partial charge on any atom is -0.322 e. The number of pyridine rings is 2. The molecule has 0 unspecified atom stereocenters. The van der Waals surface area contributed by atoms with Crippen molar-refractivity contribution in [3.63, 3.8) is 0 Å². The largest absolute Gasteiger partial charge is 0.322 e. The highest BCUT2D eigenvalue weighted by Crippen LogP contribution is 2.26. The van der Waals surface area contributed by atoms with Gasteiger partial charge in [0, 0.05) is 36.1 Å². The molecule has 0 aliphatic rings. The first-order valence-electron chi connectivity index (χ1n) is 7.76. The maximum Gasteiger partial charge on any atom is 0.306 e. The molecule has 1 amide bonds. The minimum atomic E-state index is -0.965. The number of hydrogen-bond donors (Lipinski definition) is 1. The van der Waals surface area contributed by atoms with Crippen LogP contribution < -0.4 is 5.32 Å². The molecule has 0 radical (unpaired) electrons. The first-order chi connectivity index (χ1) is 13.0. The Morgan fingerprint density at radius 2 is 1.96 bits per heavy atom. The molecule has 0 atom stereocenters. The second-order valence-electron chi connectivity index (χ2n) is 5.38. The summed E-state index contributed by atoms with van der Waals surface area (Å²) in [6.45, 7) is 0. The number of rotatable bonds is 6. The maximum atomic E-state index is 13.4. The summed E-state index contributed by atoms with van der Waals surface area (Å²) in [5.41, 5.74) is 0.776. The van der Waals surface area contributed by atoms with Gasteiger partial charge in [0.15, 0.2) is 0 Å². The van der Waals surface area contributed by atoms with Crippen LogP contribution in [-0.4, -0.2) is 20.8 Å². The summed E-state index contributed by atoms with van der Waals surface area (Å²) in [6.07, 6.45) is 4.95. The molecule has 136 valence electrons. The van der Waals surface area contributed by atoms with Crippen molar-refractivity contribution in [2.45, 2.75) is 10.8 Å². The standard InChI is InChI=1S/C18H13FN4O3S/c19-15-4-3-13(10-16(15)23(25)26)22-17(24)14-2-1-7-21-18(14)27-11-12-5-8-20-9-6-12/h1-10H,11H2,(H,22,24). The Balaban J connectivity index is 1.77. The van der Waals surface area contributed by atoms with E-state index in [1.807, 2.05) is 12.1 Å². The molecular weight excluding hydrogens is 371 g/mol. The average molecular weight is 384 g/mol. The van der Waals surface area contributed by atoms with Crippen LogP contribution in [-0.2, 0) is 5.75 Å². The Labute approximate surface area is 157 Å². The number of nitrogens with one attached hydrogen (secondary N) is 1. The van der Waals surface area contributed by atoms with Crippen molar-refractivity contribution in [3.05, 3.63) is 88.1 Å². The molecule has 0 fully saturated rings. The van der Waals surface area contributed by atoms with Gasteiger partial charge in [-0.2, -0.15) is 4.39 Å². The van der Waals surface area contributed by atoms with Crippen LogP contribution in [0.25, 0.3) is 0 Å². The molecule has 2 heterocycles. The van der Waals surface area contributed by atoms with Crippen molar-refractivity contribution in [2.75, 3.05) is 5.32 Å². The fraction of sp³-hybridized carbons (Fsp3) is 0.0556. The Hall–Kier alpha value is -3.33. The molecule has 3 aromatic rings. The van der Waals surface area contributed by atoms with Crippen LogP contribution in [0.3, 0.4) is 0 Å². The molecule has 0 saturated heterocycles. The molecular formula is C18H13FN4O3S. The van der Waals surface area contributed by atoms with Gasteiger partial charge in [0.05, 0.1) is 10.5 Å². The topological polar surface area (TPSA) is 98.0 Å². The van der Waals surface area contributed by atoms with E-state index in [-0.39, 0.29) is 5.69 Å². The number of halogens is 1. The summed E-state index contributed by atoms with van der Waals surface area (Å²) < 4.78 is 13.4. The van der Waals surface area contributed by atoms with Gasteiger partial charge in [-0.15, -0.1) is 11.8 Å². The van der Waals surface area contributed by atoms with Gasteiger partial charge in [0.2, 0.25) is 5.82 Å². The van der Waals surface area contributed by atoms with Gasteiger partial charge in [0.25, 0.3) is 5.91 Å². The Morgan fingerprint density at radius 3 is 2.70 bits per heavy atom. The number of nitro groups is 1. The third-order valence-corrected chi connectivity index (χ3v) is 4.62. The highest BCUT2D eigenvalue weighted by Gasteiger charge is 2.17. The number of carbonyl (C=O) groups excluding carboxylic acids is 1. The van der Waals surface area contributed by atoms with Crippen molar-refractivity contribution in [1.82, 2.24) is 9.97 Å². The van der Waals surface area contributed by atoms with Gasteiger partial charge < -0.3 is 5.32 Å². The van der Waals surface area contributed by atoms with E-state index in [0.717, 1.165) is 17.7 Å². The third kappa shape index (κ3) is 4.64. The zero-order valence-electron chi connectivity index (χ0n) is 13.8. The predicted molar refractivity (Wildman–Crippen MR) is 99.0 cm³/mol. The average Bonchev–Trinajstić information content (AvgIpc) is 2.68.